The number of halogens is 1. The predicted molar refractivity (Wildman–Crippen MR) is 72.5 cm³/mol. The van der Waals surface area contributed by atoms with Crippen LogP contribution in [-0.4, -0.2) is 5.11 Å². The van der Waals surface area contributed by atoms with Gasteiger partial charge in [-0.05, 0) is 54.8 Å². The van der Waals surface area contributed by atoms with Crippen LogP contribution in [0.3, 0.4) is 0 Å². The zero-order valence-electron chi connectivity index (χ0n) is 11.1. The minimum atomic E-state index is -0.528. The number of aliphatic hydroxyl groups excluding tert-OH is 1. The van der Waals surface area contributed by atoms with Gasteiger partial charge in [-0.15, -0.1) is 0 Å². The second-order valence-electron chi connectivity index (χ2n) is 4.61. The van der Waals surface area contributed by atoms with E-state index in [1.165, 1.54) is 12.1 Å². The van der Waals surface area contributed by atoms with Crippen LogP contribution in [0.25, 0.3) is 0 Å². The Morgan fingerprint density at radius 2 is 2.00 bits per heavy atom. The average molecular weight is 260 g/mol. The van der Waals surface area contributed by atoms with Gasteiger partial charge in [-0.3, -0.25) is 0 Å². The van der Waals surface area contributed by atoms with Gasteiger partial charge in [0.15, 0.2) is 0 Å². The van der Waals surface area contributed by atoms with Crippen molar-refractivity contribution in [3.63, 3.8) is 0 Å². The third-order valence-corrected chi connectivity index (χ3v) is 3.05. The third-order valence-electron chi connectivity index (χ3n) is 3.05. The normalized spacial score (nSPS) is 12.2. The lowest BCUT2D eigenvalue weighted by atomic mass is 10.1. The molecule has 0 radical (unpaired) electrons. The topological polar surface area (TPSA) is 29.5 Å². The van der Waals surface area contributed by atoms with Crippen molar-refractivity contribution >= 4 is 0 Å². The van der Waals surface area contributed by atoms with Crippen molar-refractivity contribution in [3.05, 3.63) is 65.0 Å². The van der Waals surface area contributed by atoms with E-state index in [4.69, 9.17) is 4.74 Å². The molecular weight excluding hydrogens is 243 g/mol. The lowest BCUT2D eigenvalue weighted by Gasteiger charge is -2.11. The lowest BCUT2D eigenvalue weighted by Crippen LogP contribution is -1.99. The highest BCUT2D eigenvalue weighted by Crippen LogP contribution is 2.20. The Kier molecular flexibility index (Phi) is 4.17. The van der Waals surface area contributed by atoms with Crippen LogP contribution in [0.15, 0.2) is 42.5 Å². The molecule has 3 heteroatoms. The first-order valence-electron chi connectivity index (χ1n) is 6.22. The minimum absolute atomic E-state index is 0.262. The Labute approximate surface area is 112 Å². The van der Waals surface area contributed by atoms with E-state index in [-0.39, 0.29) is 5.82 Å². The molecule has 0 saturated heterocycles. The number of aliphatic hydroxyl groups is 1. The third kappa shape index (κ3) is 3.55. The Morgan fingerprint density at radius 1 is 1.21 bits per heavy atom. The second kappa shape index (κ2) is 5.85. The Balaban J connectivity index is 2.10. The van der Waals surface area contributed by atoms with Crippen LogP contribution in [-0.2, 0) is 6.61 Å². The Bertz CT molecular complexity index is 564. The number of rotatable bonds is 4. The summed E-state index contributed by atoms with van der Waals surface area (Å²) in [6, 6.07) is 11.9. The van der Waals surface area contributed by atoms with E-state index in [0.29, 0.717) is 12.4 Å². The molecule has 19 heavy (non-hydrogen) atoms. The average Bonchev–Trinajstić information content (AvgIpc) is 2.40. The first-order valence-corrected chi connectivity index (χ1v) is 6.22. The van der Waals surface area contributed by atoms with E-state index in [0.717, 1.165) is 16.7 Å². The molecule has 0 fully saturated rings. The van der Waals surface area contributed by atoms with Gasteiger partial charge < -0.3 is 9.84 Å². The number of hydrogen-bond donors (Lipinski definition) is 1. The molecule has 0 aromatic heterocycles. The highest BCUT2D eigenvalue weighted by molar-refractivity contribution is 5.31. The highest BCUT2D eigenvalue weighted by atomic mass is 19.1. The molecule has 0 unspecified atom stereocenters. The molecule has 0 heterocycles. The van der Waals surface area contributed by atoms with Crippen LogP contribution in [0.5, 0.6) is 5.75 Å². The first kappa shape index (κ1) is 13.6. The van der Waals surface area contributed by atoms with Crippen molar-refractivity contribution in [3.8, 4) is 5.75 Å². The van der Waals surface area contributed by atoms with Crippen molar-refractivity contribution in [1.82, 2.24) is 0 Å². The summed E-state index contributed by atoms with van der Waals surface area (Å²) >= 11 is 0. The van der Waals surface area contributed by atoms with Crippen LogP contribution in [0.1, 0.15) is 29.7 Å². The zero-order chi connectivity index (χ0) is 13.8. The van der Waals surface area contributed by atoms with Gasteiger partial charge in [-0.1, -0.05) is 18.2 Å². The SMILES string of the molecule is Cc1ccc(F)cc1COc1cccc([C@@H](C)O)c1. The molecular formula is C16H17FO2. The molecule has 0 bridgehead atoms. The summed E-state index contributed by atoms with van der Waals surface area (Å²) in [5, 5.41) is 9.51. The van der Waals surface area contributed by atoms with Gasteiger partial charge in [-0.2, -0.15) is 0 Å². The van der Waals surface area contributed by atoms with Crippen LogP contribution < -0.4 is 4.74 Å². The summed E-state index contributed by atoms with van der Waals surface area (Å²) in [5.41, 5.74) is 2.61. The maximum Gasteiger partial charge on any atom is 0.123 e. The van der Waals surface area contributed by atoms with Gasteiger partial charge >= 0.3 is 0 Å². The van der Waals surface area contributed by atoms with E-state index < -0.39 is 6.10 Å². The van der Waals surface area contributed by atoms with Gasteiger partial charge in [0.1, 0.15) is 18.2 Å². The largest absolute Gasteiger partial charge is 0.489 e. The quantitative estimate of drug-likeness (QED) is 0.906. The first-order chi connectivity index (χ1) is 9.06. The molecule has 0 aliphatic rings. The van der Waals surface area contributed by atoms with Gasteiger partial charge in [0, 0.05) is 0 Å². The summed E-state index contributed by atoms with van der Waals surface area (Å²) in [5.74, 6) is 0.406. The van der Waals surface area contributed by atoms with E-state index in [1.807, 2.05) is 25.1 Å². The number of benzene rings is 2. The molecule has 100 valence electrons. The smallest absolute Gasteiger partial charge is 0.123 e. The van der Waals surface area contributed by atoms with E-state index >= 15 is 0 Å². The fraction of sp³-hybridized carbons (Fsp3) is 0.250. The maximum atomic E-state index is 13.2. The van der Waals surface area contributed by atoms with E-state index in [9.17, 15) is 9.50 Å². The van der Waals surface area contributed by atoms with Gasteiger partial charge in [0.2, 0.25) is 0 Å². The lowest BCUT2D eigenvalue weighted by molar-refractivity contribution is 0.198. The predicted octanol–water partition coefficient (Wildman–Crippen LogP) is 3.77. The van der Waals surface area contributed by atoms with Crippen molar-refractivity contribution in [2.75, 3.05) is 0 Å². The summed E-state index contributed by atoms with van der Waals surface area (Å²) in [6.45, 7) is 3.94. The molecule has 2 rings (SSSR count). The van der Waals surface area contributed by atoms with Crippen molar-refractivity contribution < 1.29 is 14.2 Å². The summed E-state index contributed by atoms with van der Waals surface area (Å²) in [6.07, 6.45) is -0.528. The van der Waals surface area contributed by atoms with E-state index in [2.05, 4.69) is 0 Å². The van der Waals surface area contributed by atoms with Crippen LogP contribution in [0.2, 0.25) is 0 Å². The van der Waals surface area contributed by atoms with Crippen LogP contribution in [0.4, 0.5) is 4.39 Å². The molecule has 0 aliphatic carbocycles. The van der Waals surface area contributed by atoms with Crippen LogP contribution >= 0.6 is 0 Å². The number of hydrogen-bond acceptors (Lipinski definition) is 2. The molecule has 0 spiro atoms. The molecule has 1 N–H and O–H groups in total. The summed E-state index contributed by atoms with van der Waals surface area (Å²) < 4.78 is 18.8. The van der Waals surface area contributed by atoms with Gasteiger partial charge in [0.25, 0.3) is 0 Å². The molecule has 0 aliphatic heterocycles. The molecule has 2 nitrogen and oxygen atoms in total. The number of ether oxygens (including phenoxy) is 1. The maximum absolute atomic E-state index is 13.2. The highest BCUT2D eigenvalue weighted by Gasteiger charge is 2.04. The zero-order valence-corrected chi connectivity index (χ0v) is 11.1. The minimum Gasteiger partial charge on any atom is -0.489 e. The summed E-state index contributed by atoms with van der Waals surface area (Å²) in [4.78, 5) is 0. The van der Waals surface area contributed by atoms with Crippen molar-refractivity contribution in [2.45, 2.75) is 26.6 Å². The fourth-order valence-corrected chi connectivity index (χ4v) is 1.82. The summed E-state index contributed by atoms with van der Waals surface area (Å²) in [7, 11) is 0. The molecule has 2 aromatic rings. The van der Waals surface area contributed by atoms with Gasteiger partial charge in [-0.25, -0.2) is 4.39 Å². The Morgan fingerprint density at radius 3 is 2.74 bits per heavy atom. The standard InChI is InChI=1S/C16H17FO2/c1-11-6-7-15(17)8-14(11)10-19-16-5-3-4-13(9-16)12(2)18/h3-9,12,18H,10H2,1-2H3/t12-/m1/s1. The molecule has 0 saturated carbocycles. The van der Waals surface area contributed by atoms with Crippen molar-refractivity contribution in [1.29, 1.82) is 0 Å². The van der Waals surface area contributed by atoms with Gasteiger partial charge in [0.05, 0.1) is 6.10 Å². The van der Waals surface area contributed by atoms with Crippen molar-refractivity contribution in [2.24, 2.45) is 0 Å². The second-order valence-corrected chi connectivity index (χ2v) is 4.61. The fourth-order valence-electron chi connectivity index (χ4n) is 1.82. The molecule has 2 aromatic carbocycles. The number of aryl methyl sites for hydroxylation is 1. The van der Waals surface area contributed by atoms with E-state index in [1.54, 1.807) is 19.1 Å². The molecule has 0 amide bonds. The monoisotopic (exact) mass is 260 g/mol. The Hall–Kier alpha value is -1.87. The molecule has 1 atom stereocenters. The van der Waals surface area contributed by atoms with Crippen LogP contribution in [0, 0.1) is 12.7 Å².